The molecular weight excluding hydrogens is 214 g/mol. The van der Waals surface area contributed by atoms with Crippen LogP contribution in [0.15, 0.2) is 29.2 Å². The highest BCUT2D eigenvalue weighted by Crippen LogP contribution is 2.20. The van der Waals surface area contributed by atoms with Crippen molar-refractivity contribution in [2.45, 2.75) is 17.9 Å². The molecule has 0 spiro atoms. The van der Waals surface area contributed by atoms with Crippen LogP contribution in [0.3, 0.4) is 0 Å². The number of aliphatic hydroxyl groups excluding tert-OH is 1. The molecule has 5 heteroatoms. The van der Waals surface area contributed by atoms with E-state index in [9.17, 15) is 8.42 Å². The van der Waals surface area contributed by atoms with Crippen molar-refractivity contribution < 1.29 is 13.5 Å². The standard InChI is InChI=1S/C10H15NO3S/c1-8(12)7-11-9-5-3-4-6-10(9)15(2,13)14/h3-6,8,11-12H,7H2,1-2H3. The van der Waals surface area contributed by atoms with Gasteiger partial charge < -0.3 is 10.4 Å². The van der Waals surface area contributed by atoms with Crippen LogP contribution >= 0.6 is 0 Å². The highest BCUT2D eigenvalue weighted by Gasteiger charge is 2.12. The largest absolute Gasteiger partial charge is 0.392 e. The summed E-state index contributed by atoms with van der Waals surface area (Å²) in [5, 5.41) is 12.0. The molecule has 2 N–H and O–H groups in total. The van der Waals surface area contributed by atoms with E-state index in [0.29, 0.717) is 12.2 Å². The number of nitrogens with one attached hydrogen (secondary N) is 1. The van der Waals surface area contributed by atoms with Gasteiger partial charge in [0.15, 0.2) is 9.84 Å². The van der Waals surface area contributed by atoms with E-state index in [1.807, 2.05) is 0 Å². The Hall–Kier alpha value is -1.07. The van der Waals surface area contributed by atoms with Crippen LogP contribution in [0.1, 0.15) is 6.92 Å². The van der Waals surface area contributed by atoms with Gasteiger partial charge in [-0.15, -0.1) is 0 Å². The Balaban J connectivity index is 2.98. The third-order valence-corrected chi connectivity index (χ3v) is 3.03. The van der Waals surface area contributed by atoms with Gasteiger partial charge in [-0.1, -0.05) is 12.1 Å². The molecular formula is C10H15NO3S. The average Bonchev–Trinajstić information content (AvgIpc) is 2.13. The van der Waals surface area contributed by atoms with Crippen molar-refractivity contribution in [3.8, 4) is 0 Å². The van der Waals surface area contributed by atoms with Gasteiger partial charge in [-0.2, -0.15) is 0 Å². The van der Waals surface area contributed by atoms with Gasteiger partial charge in [0.05, 0.1) is 16.7 Å². The highest BCUT2D eigenvalue weighted by atomic mass is 32.2. The summed E-state index contributed by atoms with van der Waals surface area (Å²) in [6.07, 6.45) is 0.646. The number of aliphatic hydroxyl groups is 1. The quantitative estimate of drug-likeness (QED) is 0.804. The van der Waals surface area contributed by atoms with Gasteiger partial charge in [0, 0.05) is 12.8 Å². The first kappa shape index (κ1) is 12.0. The lowest BCUT2D eigenvalue weighted by molar-refractivity contribution is 0.208. The molecule has 84 valence electrons. The summed E-state index contributed by atoms with van der Waals surface area (Å²) < 4.78 is 22.8. The molecule has 1 aromatic carbocycles. The Morgan fingerprint density at radius 2 is 2.00 bits per heavy atom. The van der Waals surface area contributed by atoms with Gasteiger partial charge >= 0.3 is 0 Å². The van der Waals surface area contributed by atoms with E-state index < -0.39 is 15.9 Å². The second-order valence-corrected chi connectivity index (χ2v) is 5.48. The van der Waals surface area contributed by atoms with Gasteiger partial charge in [0.25, 0.3) is 0 Å². The minimum atomic E-state index is -3.23. The van der Waals surface area contributed by atoms with Crippen molar-refractivity contribution in [2.24, 2.45) is 0 Å². The normalized spacial score (nSPS) is 13.5. The summed E-state index contributed by atoms with van der Waals surface area (Å²) in [7, 11) is -3.23. The lowest BCUT2D eigenvalue weighted by atomic mass is 10.3. The average molecular weight is 229 g/mol. The molecule has 1 aromatic rings. The van der Waals surface area contributed by atoms with Crippen LogP contribution < -0.4 is 5.32 Å². The molecule has 0 fully saturated rings. The Morgan fingerprint density at radius 1 is 1.40 bits per heavy atom. The van der Waals surface area contributed by atoms with Gasteiger partial charge in [0.1, 0.15) is 0 Å². The Bertz CT molecular complexity index is 426. The summed E-state index contributed by atoms with van der Waals surface area (Å²) in [4.78, 5) is 0.255. The molecule has 1 unspecified atom stereocenters. The van der Waals surface area contributed by atoms with Gasteiger partial charge in [-0.05, 0) is 19.1 Å². The molecule has 0 radical (unpaired) electrons. The SMILES string of the molecule is CC(O)CNc1ccccc1S(C)(=O)=O. The number of hydrogen-bond acceptors (Lipinski definition) is 4. The molecule has 0 saturated carbocycles. The van der Waals surface area contributed by atoms with Crippen molar-refractivity contribution in [1.29, 1.82) is 0 Å². The maximum Gasteiger partial charge on any atom is 0.177 e. The maximum absolute atomic E-state index is 11.4. The fourth-order valence-electron chi connectivity index (χ4n) is 1.19. The Kier molecular flexibility index (Phi) is 3.71. The van der Waals surface area contributed by atoms with E-state index >= 15 is 0 Å². The van der Waals surface area contributed by atoms with E-state index in [2.05, 4.69) is 5.32 Å². The predicted molar refractivity (Wildman–Crippen MR) is 59.7 cm³/mol. The molecule has 0 aliphatic heterocycles. The molecule has 1 atom stereocenters. The zero-order chi connectivity index (χ0) is 11.5. The van der Waals surface area contributed by atoms with E-state index in [0.717, 1.165) is 6.26 Å². The number of para-hydroxylation sites is 1. The lowest BCUT2D eigenvalue weighted by Gasteiger charge is -2.11. The minimum absolute atomic E-state index is 0.255. The minimum Gasteiger partial charge on any atom is -0.392 e. The monoisotopic (exact) mass is 229 g/mol. The number of hydrogen-bond donors (Lipinski definition) is 2. The predicted octanol–water partition coefficient (Wildman–Crippen LogP) is 0.883. The molecule has 0 aromatic heterocycles. The van der Waals surface area contributed by atoms with Crippen molar-refractivity contribution >= 4 is 15.5 Å². The van der Waals surface area contributed by atoms with Crippen molar-refractivity contribution in [2.75, 3.05) is 18.1 Å². The van der Waals surface area contributed by atoms with Crippen LogP contribution in [-0.2, 0) is 9.84 Å². The Morgan fingerprint density at radius 3 is 2.53 bits per heavy atom. The fraction of sp³-hybridized carbons (Fsp3) is 0.400. The molecule has 4 nitrogen and oxygen atoms in total. The smallest absolute Gasteiger partial charge is 0.177 e. The zero-order valence-corrected chi connectivity index (χ0v) is 9.58. The molecule has 1 rings (SSSR count). The molecule has 0 bridgehead atoms. The number of rotatable bonds is 4. The maximum atomic E-state index is 11.4. The van der Waals surface area contributed by atoms with Crippen molar-refractivity contribution in [1.82, 2.24) is 0 Å². The third-order valence-electron chi connectivity index (χ3n) is 1.87. The second-order valence-electron chi connectivity index (χ2n) is 3.50. The van der Waals surface area contributed by atoms with Crippen molar-refractivity contribution in [3.63, 3.8) is 0 Å². The molecule has 0 saturated heterocycles. The number of anilines is 1. The van der Waals surface area contributed by atoms with Crippen molar-refractivity contribution in [3.05, 3.63) is 24.3 Å². The van der Waals surface area contributed by atoms with Crippen LogP contribution in [0.5, 0.6) is 0 Å². The number of benzene rings is 1. The summed E-state index contributed by atoms with van der Waals surface area (Å²) in [6.45, 7) is 1.96. The second kappa shape index (κ2) is 4.63. The molecule has 15 heavy (non-hydrogen) atoms. The van der Waals surface area contributed by atoms with Gasteiger partial charge in [0.2, 0.25) is 0 Å². The number of sulfone groups is 1. The summed E-state index contributed by atoms with van der Waals surface area (Å²) >= 11 is 0. The van der Waals surface area contributed by atoms with E-state index in [1.165, 1.54) is 0 Å². The fourth-order valence-corrected chi connectivity index (χ4v) is 2.06. The van der Waals surface area contributed by atoms with E-state index in [-0.39, 0.29) is 4.90 Å². The summed E-state index contributed by atoms with van der Waals surface area (Å²) in [6, 6.07) is 6.64. The first-order chi connectivity index (χ1) is 6.91. The summed E-state index contributed by atoms with van der Waals surface area (Å²) in [5.41, 5.74) is 0.529. The van der Waals surface area contributed by atoms with Crippen LogP contribution in [0.25, 0.3) is 0 Å². The van der Waals surface area contributed by atoms with E-state index in [4.69, 9.17) is 5.11 Å². The topological polar surface area (TPSA) is 66.4 Å². The van der Waals surface area contributed by atoms with Crippen LogP contribution in [-0.4, -0.2) is 32.4 Å². The van der Waals surface area contributed by atoms with Crippen LogP contribution in [0.4, 0.5) is 5.69 Å². The van der Waals surface area contributed by atoms with E-state index in [1.54, 1.807) is 31.2 Å². The Labute approximate surface area is 89.9 Å². The first-order valence-electron chi connectivity index (χ1n) is 4.62. The highest BCUT2D eigenvalue weighted by molar-refractivity contribution is 7.90. The van der Waals surface area contributed by atoms with Gasteiger partial charge in [-0.25, -0.2) is 8.42 Å². The first-order valence-corrected chi connectivity index (χ1v) is 6.51. The lowest BCUT2D eigenvalue weighted by Crippen LogP contribution is -2.16. The zero-order valence-electron chi connectivity index (χ0n) is 8.77. The summed E-state index contributed by atoms with van der Waals surface area (Å²) in [5.74, 6) is 0. The molecule has 0 aliphatic carbocycles. The molecule has 0 aliphatic rings. The third kappa shape index (κ3) is 3.53. The molecule has 0 heterocycles. The molecule has 0 amide bonds. The van der Waals surface area contributed by atoms with Gasteiger partial charge in [-0.3, -0.25) is 0 Å². The van der Waals surface area contributed by atoms with Crippen LogP contribution in [0, 0.1) is 0 Å². The van der Waals surface area contributed by atoms with Crippen LogP contribution in [0.2, 0.25) is 0 Å².